The van der Waals surface area contributed by atoms with E-state index in [1.54, 1.807) is 24.7 Å². The summed E-state index contributed by atoms with van der Waals surface area (Å²) in [5.41, 5.74) is 1.49. The first-order valence-corrected chi connectivity index (χ1v) is 7.83. The van der Waals surface area contributed by atoms with Crippen molar-refractivity contribution in [1.29, 1.82) is 5.26 Å². The molecule has 0 bridgehead atoms. The Hall–Kier alpha value is -2.18. The lowest BCUT2D eigenvalue weighted by Gasteiger charge is -2.37. The number of sulfonamides is 1. The van der Waals surface area contributed by atoms with Gasteiger partial charge >= 0.3 is 0 Å². The van der Waals surface area contributed by atoms with Gasteiger partial charge < -0.3 is 0 Å². The van der Waals surface area contributed by atoms with Gasteiger partial charge in [0.2, 0.25) is 10.0 Å². The Morgan fingerprint density at radius 1 is 1.43 bits per heavy atom. The van der Waals surface area contributed by atoms with Crippen molar-refractivity contribution in [3.05, 3.63) is 29.3 Å². The van der Waals surface area contributed by atoms with Crippen LogP contribution >= 0.6 is 0 Å². The first kappa shape index (κ1) is 13.8. The van der Waals surface area contributed by atoms with E-state index < -0.39 is 10.0 Å². The van der Waals surface area contributed by atoms with E-state index in [1.165, 1.54) is 10.5 Å². The molecule has 0 aliphatic carbocycles. The van der Waals surface area contributed by atoms with Gasteiger partial charge in [-0.05, 0) is 13.8 Å². The molecule has 0 saturated carbocycles. The van der Waals surface area contributed by atoms with Crippen LogP contribution in [-0.4, -0.2) is 45.8 Å². The summed E-state index contributed by atoms with van der Waals surface area (Å²) in [6, 6.07) is 1.97. The molecule has 21 heavy (non-hydrogen) atoms. The largest absolute Gasteiger partial charge is 0.281 e. The van der Waals surface area contributed by atoms with Gasteiger partial charge in [0.1, 0.15) is 11.0 Å². The average Bonchev–Trinajstić information content (AvgIpc) is 2.94. The second-order valence-electron chi connectivity index (χ2n) is 5.06. The highest BCUT2D eigenvalue weighted by molar-refractivity contribution is 7.89. The highest BCUT2D eigenvalue weighted by Crippen LogP contribution is 2.30. The summed E-state index contributed by atoms with van der Waals surface area (Å²) in [5, 5.41) is 19.5. The zero-order valence-corrected chi connectivity index (χ0v) is 12.4. The zero-order chi connectivity index (χ0) is 15.2. The van der Waals surface area contributed by atoms with Gasteiger partial charge in [-0.2, -0.15) is 19.8 Å². The lowest BCUT2D eigenvalue weighted by Crippen LogP contribution is -2.50. The number of nitrogens with zero attached hydrogens (tertiary/aromatic N) is 5. The first-order valence-electron chi connectivity index (χ1n) is 6.39. The molecular weight excluding hydrogens is 292 g/mol. The van der Waals surface area contributed by atoms with Gasteiger partial charge in [0.25, 0.3) is 0 Å². The number of aromatic amines is 1. The summed E-state index contributed by atoms with van der Waals surface area (Å²) in [6.45, 7) is 4.05. The molecule has 9 heteroatoms. The van der Waals surface area contributed by atoms with Crippen molar-refractivity contribution < 1.29 is 8.42 Å². The van der Waals surface area contributed by atoms with E-state index in [0.717, 1.165) is 0 Å². The number of aryl methyl sites for hydroxylation is 2. The Kier molecular flexibility index (Phi) is 3.07. The van der Waals surface area contributed by atoms with Crippen LogP contribution < -0.4 is 0 Å². The quantitative estimate of drug-likeness (QED) is 0.879. The number of H-pyrrole nitrogens is 1. The molecule has 2 aromatic rings. The highest BCUT2D eigenvalue weighted by atomic mass is 32.2. The van der Waals surface area contributed by atoms with Crippen molar-refractivity contribution in [3.8, 4) is 6.07 Å². The lowest BCUT2D eigenvalue weighted by molar-refractivity contribution is 0.191. The van der Waals surface area contributed by atoms with Crippen LogP contribution in [0.1, 0.15) is 23.0 Å². The molecule has 0 spiro atoms. The number of hydrogen-bond acceptors (Lipinski definition) is 5. The minimum absolute atomic E-state index is 0.0330. The summed E-state index contributed by atoms with van der Waals surface area (Å²) < 4.78 is 28.1. The van der Waals surface area contributed by atoms with E-state index in [1.807, 2.05) is 6.07 Å². The number of hydrogen-bond donors (Lipinski definition) is 1. The fourth-order valence-corrected chi connectivity index (χ4v) is 4.27. The molecule has 2 aromatic heterocycles. The molecule has 3 heterocycles. The first-order chi connectivity index (χ1) is 9.93. The van der Waals surface area contributed by atoms with Crippen LogP contribution in [0, 0.1) is 25.2 Å². The van der Waals surface area contributed by atoms with E-state index in [2.05, 4.69) is 15.3 Å². The van der Waals surface area contributed by atoms with Crippen LogP contribution in [0.4, 0.5) is 0 Å². The molecule has 0 atom stereocenters. The predicted octanol–water partition coefficient (Wildman–Crippen LogP) is 0.340. The predicted molar refractivity (Wildman–Crippen MR) is 72.8 cm³/mol. The molecule has 0 aromatic carbocycles. The van der Waals surface area contributed by atoms with Gasteiger partial charge in [-0.15, -0.1) is 0 Å². The Morgan fingerprint density at radius 2 is 2.14 bits per heavy atom. The number of rotatable bonds is 3. The maximum Gasteiger partial charge on any atom is 0.246 e. The average molecular weight is 306 g/mol. The van der Waals surface area contributed by atoms with Crippen molar-refractivity contribution in [2.24, 2.45) is 0 Å². The van der Waals surface area contributed by atoms with Crippen molar-refractivity contribution in [1.82, 2.24) is 24.3 Å². The third kappa shape index (κ3) is 2.12. The fraction of sp³-hybridized carbons (Fsp3) is 0.417. The summed E-state index contributed by atoms with van der Waals surface area (Å²) in [4.78, 5) is 0.249. The second-order valence-corrected chi connectivity index (χ2v) is 6.93. The smallest absolute Gasteiger partial charge is 0.246 e. The SMILES string of the molecule is Cc1n[nH]c(C)c1S(=O)(=O)N1CC(n2cc(C#N)cn2)C1. The molecule has 1 aliphatic rings. The molecule has 110 valence electrons. The molecule has 1 aliphatic heterocycles. The third-order valence-corrected chi connectivity index (χ3v) is 5.69. The van der Waals surface area contributed by atoms with Crippen molar-refractivity contribution in [2.45, 2.75) is 24.8 Å². The van der Waals surface area contributed by atoms with Crippen LogP contribution in [0.15, 0.2) is 17.3 Å². The maximum absolute atomic E-state index is 12.5. The van der Waals surface area contributed by atoms with Gasteiger partial charge in [-0.1, -0.05) is 0 Å². The number of nitrogens with one attached hydrogen (secondary N) is 1. The van der Waals surface area contributed by atoms with E-state index in [-0.39, 0.29) is 10.9 Å². The van der Waals surface area contributed by atoms with Crippen LogP contribution in [0.25, 0.3) is 0 Å². The van der Waals surface area contributed by atoms with Gasteiger partial charge in [0.05, 0.1) is 29.2 Å². The molecule has 0 radical (unpaired) electrons. The van der Waals surface area contributed by atoms with Gasteiger partial charge in [-0.3, -0.25) is 9.78 Å². The molecule has 8 nitrogen and oxygen atoms in total. The molecule has 0 amide bonds. The second kappa shape index (κ2) is 4.68. The van der Waals surface area contributed by atoms with Gasteiger partial charge in [0.15, 0.2) is 0 Å². The minimum Gasteiger partial charge on any atom is -0.281 e. The van der Waals surface area contributed by atoms with Crippen LogP contribution in [0.5, 0.6) is 0 Å². The number of aromatic nitrogens is 4. The third-order valence-electron chi connectivity index (χ3n) is 3.59. The monoisotopic (exact) mass is 306 g/mol. The normalized spacial score (nSPS) is 16.6. The molecule has 1 fully saturated rings. The summed E-state index contributed by atoms with van der Waals surface area (Å²) in [7, 11) is -3.53. The van der Waals surface area contributed by atoms with Gasteiger partial charge in [-0.25, -0.2) is 8.42 Å². The van der Waals surface area contributed by atoms with Crippen LogP contribution in [0.3, 0.4) is 0 Å². The van der Waals surface area contributed by atoms with E-state index >= 15 is 0 Å². The van der Waals surface area contributed by atoms with Crippen LogP contribution in [0.2, 0.25) is 0 Å². The van der Waals surface area contributed by atoms with Crippen molar-refractivity contribution in [3.63, 3.8) is 0 Å². The van der Waals surface area contributed by atoms with Gasteiger partial charge in [0, 0.05) is 19.3 Å². The minimum atomic E-state index is -3.53. The molecular formula is C12H14N6O2S. The lowest BCUT2D eigenvalue weighted by atomic mass is 10.2. The summed E-state index contributed by atoms with van der Waals surface area (Å²) >= 11 is 0. The Morgan fingerprint density at radius 3 is 2.67 bits per heavy atom. The fourth-order valence-electron chi connectivity index (χ4n) is 2.43. The maximum atomic E-state index is 12.5. The molecule has 0 unspecified atom stereocenters. The summed E-state index contributed by atoms with van der Waals surface area (Å²) in [6.07, 6.45) is 3.10. The van der Waals surface area contributed by atoms with Crippen molar-refractivity contribution in [2.75, 3.05) is 13.1 Å². The number of nitriles is 1. The van der Waals surface area contributed by atoms with Crippen LogP contribution in [-0.2, 0) is 10.0 Å². The van der Waals surface area contributed by atoms with Crippen molar-refractivity contribution >= 4 is 10.0 Å². The topological polar surface area (TPSA) is 108 Å². The Balaban J connectivity index is 1.78. The Bertz CT molecular complexity index is 803. The van der Waals surface area contributed by atoms with E-state index in [4.69, 9.17) is 5.26 Å². The summed E-state index contributed by atoms with van der Waals surface area (Å²) in [5.74, 6) is 0. The zero-order valence-electron chi connectivity index (χ0n) is 11.6. The highest BCUT2D eigenvalue weighted by Gasteiger charge is 2.40. The molecule has 3 rings (SSSR count). The molecule has 1 saturated heterocycles. The van der Waals surface area contributed by atoms with E-state index in [9.17, 15) is 8.42 Å². The Labute approximate surface area is 122 Å². The molecule has 1 N–H and O–H groups in total. The van der Waals surface area contributed by atoms with E-state index in [0.29, 0.717) is 30.0 Å². The standard InChI is InChI=1S/C12H14N6O2S/c1-8-12(9(2)16-15-8)21(19,20)17-6-11(7-17)18-5-10(3-13)4-14-18/h4-5,11H,6-7H2,1-2H3,(H,15,16).